The number of aryl methyl sites for hydroxylation is 1. The third-order valence-electron chi connectivity index (χ3n) is 3.71. The normalized spacial score (nSPS) is 19.6. The summed E-state index contributed by atoms with van der Waals surface area (Å²) in [6.07, 6.45) is 2.86. The van der Waals surface area contributed by atoms with Crippen molar-refractivity contribution < 1.29 is 9.15 Å². The average molecular weight is 272 g/mol. The summed E-state index contributed by atoms with van der Waals surface area (Å²) in [4.78, 5) is 4.25. The van der Waals surface area contributed by atoms with Gasteiger partial charge in [0.15, 0.2) is 0 Å². The molecule has 2 unspecified atom stereocenters. The Balaban J connectivity index is 1.65. The SMILES string of the molecule is Cc1cnc(C(C)NCC2OCCc3ccccc32)o1. The van der Waals surface area contributed by atoms with Gasteiger partial charge in [0.25, 0.3) is 0 Å². The summed E-state index contributed by atoms with van der Waals surface area (Å²) in [6, 6.07) is 8.59. The maximum Gasteiger partial charge on any atom is 0.211 e. The fourth-order valence-corrected chi connectivity index (χ4v) is 2.59. The minimum atomic E-state index is 0.0846. The maximum absolute atomic E-state index is 5.88. The molecule has 3 rings (SSSR count). The van der Waals surface area contributed by atoms with Crippen LogP contribution in [0.15, 0.2) is 34.9 Å². The molecule has 1 aliphatic rings. The van der Waals surface area contributed by atoms with Gasteiger partial charge in [-0.25, -0.2) is 4.98 Å². The van der Waals surface area contributed by atoms with Crippen LogP contribution in [0.1, 0.15) is 41.8 Å². The summed E-state index contributed by atoms with van der Waals surface area (Å²) in [7, 11) is 0. The largest absolute Gasteiger partial charge is 0.444 e. The van der Waals surface area contributed by atoms with Crippen molar-refractivity contribution in [2.75, 3.05) is 13.2 Å². The topological polar surface area (TPSA) is 47.3 Å². The highest BCUT2D eigenvalue weighted by atomic mass is 16.5. The van der Waals surface area contributed by atoms with Crippen LogP contribution in [0.4, 0.5) is 0 Å². The summed E-state index contributed by atoms with van der Waals surface area (Å²) >= 11 is 0. The molecule has 0 saturated heterocycles. The number of nitrogens with one attached hydrogen (secondary N) is 1. The van der Waals surface area contributed by atoms with E-state index in [1.807, 2.05) is 6.92 Å². The zero-order valence-electron chi connectivity index (χ0n) is 11.9. The Kier molecular flexibility index (Phi) is 3.85. The van der Waals surface area contributed by atoms with Crippen LogP contribution in [0.2, 0.25) is 0 Å². The van der Waals surface area contributed by atoms with Crippen molar-refractivity contribution in [2.24, 2.45) is 0 Å². The van der Waals surface area contributed by atoms with Crippen molar-refractivity contribution in [2.45, 2.75) is 32.4 Å². The monoisotopic (exact) mass is 272 g/mol. The molecule has 0 radical (unpaired) electrons. The lowest BCUT2D eigenvalue weighted by atomic mass is 9.97. The molecular formula is C16H20N2O2. The zero-order valence-corrected chi connectivity index (χ0v) is 11.9. The first-order chi connectivity index (χ1) is 9.74. The Hall–Kier alpha value is -1.65. The van der Waals surface area contributed by atoms with E-state index in [9.17, 15) is 0 Å². The quantitative estimate of drug-likeness (QED) is 0.929. The predicted molar refractivity (Wildman–Crippen MR) is 76.5 cm³/mol. The molecular weight excluding hydrogens is 252 g/mol. The summed E-state index contributed by atoms with van der Waals surface area (Å²) in [6.45, 7) is 5.51. The molecule has 0 fully saturated rings. The lowest BCUT2D eigenvalue weighted by Gasteiger charge is -2.27. The van der Waals surface area contributed by atoms with E-state index >= 15 is 0 Å². The number of ether oxygens (including phenoxy) is 1. The standard InChI is InChI=1S/C16H20N2O2/c1-11-9-18-16(20-11)12(2)17-10-15-14-6-4-3-5-13(14)7-8-19-15/h3-6,9,12,15,17H,7-8,10H2,1-2H3. The summed E-state index contributed by atoms with van der Waals surface area (Å²) in [5.41, 5.74) is 2.69. The summed E-state index contributed by atoms with van der Waals surface area (Å²) < 4.78 is 11.4. The lowest BCUT2D eigenvalue weighted by molar-refractivity contribution is 0.0404. The van der Waals surface area contributed by atoms with E-state index in [0.29, 0.717) is 0 Å². The van der Waals surface area contributed by atoms with E-state index in [1.54, 1.807) is 6.20 Å². The number of rotatable bonds is 4. The van der Waals surface area contributed by atoms with Crippen molar-refractivity contribution in [1.82, 2.24) is 10.3 Å². The summed E-state index contributed by atoms with van der Waals surface area (Å²) in [5, 5.41) is 3.44. The van der Waals surface area contributed by atoms with Crippen LogP contribution >= 0.6 is 0 Å². The van der Waals surface area contributed by atoms with Gasteiger partial charge < -0.3 is 14.5 Å². The zero-order chi connectivity index (χ0) is 13.9. The second kappa shape index (κ2) is 5.77. The molecule has 0 saturated carbocycles. The Labute approximate surface area is 119 Å². The third-order valence-corrected chi connectivity index (χ3v) is 3.71. The van der Waals surface area contributed by atoms with Crippen LogP contribution in [-0.4, -0.2) is 18.1 Å². The van der Waals surface area contributed by atoms with Crippen molar-refractivity contribution in [3.05, 3.63) is 53.2 Å². The van der Waals surface area contributed by atoms with E-state index in [1.165, 1.54) is 11.1 Å². The Morgan fingerprint density at radius 1 is 1.40 bits per heavy atom. The van der Waals surface area contributed by atoms with Crippen LogP contribution in [0.5, 0.6) is 0 Å². The van der Waals surface area contributed by atoms with Crippen LogP contribution in [-0.2, 0) is 11.2 Å². The molecule has 4 heteroatoms. The number of aromatic nitrogens is 1. The highest BCUT2D eigenvalue weighted by Gasteiger charge is 2.21. The first-order valence-corrected chi connectivity index (χ1v) is 7.09. The number of hydrogen-bond acceptors (Lipinski definition) is 4. The van der Waals surface area contributed by atoms with Crippen molar-refractivity contribution in [3.8, 4) is 0 Å². The highest BCUT2D eigenvalue weighted by molar-refractivity contribution is 5.31. The van der Waals surface area contributed by atoms with E-state index < -0.39 is 0 Å². The first kappa shape index (κ1) is 13.3. The lowest BCUT2D eigenvalue weighted by Crippen LogP contribution is -2.29. The second-order valence-electron chi connectivity index (χ2n) is 5.25. The Bertz CT molecular complexity index is 579. The average Bonchev–Trinajstić information content (AvgIpc) is 2.91. The van der Waals surface area contributed by atoms with Crippen LogP contribution in [0, 0.1) is 6.92 Å². The fraction of sp³-hybridized carbons (Fsp3) is 0.438. The number of fused-ring (bicyclic) bond motifs is 1. The van der Waals surface area contributed by atoms with Crippen molar-refractivity contribution >= 4 is 0 Å². The maximum atomic E-state index is 5.88. The van der Waals surface area contributed by atoms with Gasteiger partial charge in [0.1, 0.15) is 5.76 Å². The molecule has 0 bridgehead atoms. The van der Waals surface area contributed by atoms with Crippen LogP contribution < -0.4 is 5.32 Å². The van der Waals surface area contributed by atoms with Gasteiger partial charge in [0.2, 0.25) is 5.89 Å². The molecule has 0 aliphatic carbocycles. The van der Waals surface area contributed by atoms with Gasteiger partial charge in [-0.05, 0) is 31.4 Å². The van der Waals surface area contributed by atoms with Gasteiger partial charge >= 0.3 is 0 Å². The highest BCUT2D eigenvalue weighted by Crippen LogP contribution is 2.26. The van der Waals surface area contributed by atoms with Gasteiger partial charge in [0, 0.05) is 6.54 Å². The van der Waals surface area contributed by atoms with Crippen molar-refractivity contribution in [3.63, 3.8) is 0 Å². The molecule has 2 atom stereocenters. The Morgan fingerprint density at radius 3 is 3.05 bits per heavy atom. The van der Waals surface area contributed by atoms with Crippen LogP contribution in [0.3, 0.4) is 0 Å². The Morgan fingerprint density at radius 2 is 2.25 bits per heavy atom. The van der Waals surface area contributed by atoms with Gasteiger partial charge in [-0.15, -0.1) is 0 Å². The van der Waals surface area contributed by atoms with Crippen molar-refractivity contribution in [1.29, 1.82) is 0 Å². The van der Waals surface area contributed by atoms with E-state index in [-0.39, 0.29) is 12.1 Å². The number of oxazole rings is 1. The van der Waals surface area contributed by atoms with Gasteiger partial charge in [-0.2, -0.15) is 0 Å². The first-order valence-electron chi connectivity index (χ1n) is 7.09. The molecule has 1 aromatic heterocycles. The fourth-order valence-electron chi connectivity index (χ4n) is 2.59. The third kappa shape index (κ3) is 2.76. The minimum Gasteiger partial charge on any atom is -0.444 e. The second-order valence-corrected chi connectivity index (χ2v) is 5.25. The smallest absolute Gasteiger partial charge is 0.211 e. The molecule has 2 aromatic rings. The molecule has 0 spiro atoms. The molecule has 1 aliphatic heterocycles. The van der Waals surface area contributed by atoms with Gasteiger partial charge in [0.05, 0.1) is 24.9 Å². The number of nitrogens with zero attached hydrogens (tertiary/aromatic N) is 1. The summed E-state index contributed by atoms with van der Waals surface area (Å²) in [5.74, 6) is 1.57. The molecule has 0 amide bonds. The number of benzene rings is 1. The molecule has 1 N–H and O–H groups in total. The van der Waals surface area contributed by atoms with E-state index in [2.05, 4.69) is 41.5 Å². The molecule has 2 heterocycles. The molecule has 1 aromatic carbocycles. The minimum absolute atomic E-state index is 0.0846. The van der Waals surface area contributed by atoms with Gasteiger partial charge in [-0.1, -0.05) is 24.3 Å². The van der Waals surface area contributed by atoms with Gasteiger partial charge in [-0.3, -0.25) is 0 Å². The predicted octanol–water partition coefficient (Wildman–Crippen LogP) is 2.95. The molecule has 4 nitrogen and oxygen atoms in total. The molecule has 106 valence electrons. The van der Waals surface area contributed by atoms with Crippen LogP contribution in [0.25, 0.3) is 0 Å². The molecule has 20 heavy (non-hydrogen) atoms. The van der Waals surface area contributed by atoms with E-state index in [0.717, 1.165) is 31.2 Å². The van der Waals surface area contributed by atoms with E-state index in [4.69, 9.17) is 9.15 Å². The number of hydrogen-bond donors (Lipinski definition) is 1.